The maximum atomic E-state index is 13.6. The Morgan fingerprint density at radius 2 is 1.80 bits per heavy atom. The van der Waals surface area contributed by atoms with E-state index in [1.165, 1.54) is 7.11 Å². The highest BCUT2D eigenvalue weighted by Crippen LogP contribution is 2.39. The summed E-state index contributed by atoms with van der Waals surface area (Å²) < 4.78 is 37.9. The molecule has 10 nitrogen and oxygen atoms in total. The van der Waals surface area contributed by atoms with Crippen LogP contribution >= 0.6 is 23.4 Å². The number of ether oxygens (including phenoxy) is 2. The second kappa shape index (κ2) is 13.2. The molecule has 5 aliphatic rings. The first-order valence-electron chi connectivity index (χ1n) is 14.4. The average molecular weight is 609 g/mol. The van der Waals surface area contributed by atoms with Crippen molar-refractivity contribution in [1.29, 1.82) is 0 Å². The third-order valence-corrected chi connectivity index (χ3v) is 11.1. The number of carbonyl (C=O) groups is 2. The predicted molar refractivity (Wildman–Crippen MR) is 149 cm³/mol. The second-order valence-corrected chi connectivity index (χ2v) is 13.8. The van der Waals surface area contributed by atoms with E-state index in [4.69, 9.17) is 21.1 Å². The summed E-state index contributed by atoms with van der Waals surface area (Å²) in [5.41, 5.74) is -0.388. The lowest BCUT2D eigenvalue weighted by Gasteiger charge is -2.45. The number of rotatable bonds is 7. The zero-order valence-corrected chi connectivity index (χ0v) is 24.9. The number of thioether (sulfide) groups is 1. The van der Waals surface area contributed by atoms with Gasteiger partial charge in [-0.1, -0.05) is 0 Å². The summed E-state index contributed by atoms with van der Waals surface area (Å²) in [7, 11) is 3.23. The lowest BCUT2D eigenvalue weighted by Crippen LogP contribution is -2.60. The largest absolute Gasteiger partial charge is 0.380 e. The maximum absolute atomic E-state index is 13.6. The highest BCUT2D eigenvalue weighted by molar-refractivity contribution is 8.00. The van der Waals surface area contributed by atoms with Crippen LogP contribution in [0.2, 0.25) is 0 Å². The SMILES string of the molecule is COC1CCC(C(F)F)NC1C(=O)N1CC2NC(NC(=O)C3CNC(C)CC3C3CC(Cl)NCC3OC)SC2C1. The first-order valence-corrected chi connectivity index (χ1v) is 15.8. The third-order valence-electron chi connectivity index (χ3n) is 9.44. The topological polar surface area (TPSA) is 116 Å². The van der Waals surface area contributed by atoms with Crippen LogP contribution in [0.4, 0.5) is 8.78 Å². The third kappa shape index (κ3) is 6.56. The quantitative estimate of drug-likeness (QED) is 0.208. The standard InChI is InChI=1S/C26H43ClF2N6O4S/c1-12-6-13(14-7-21(27)31-9-19(14)39-3)15(8-30-12)24(36)34-26-33-17-10-35(11-20(17)40-26)25(37)22-18(38-2)5-4-16(32-22)23(28)29/h12-23,26,30-33H,4-11H2,1-3H3,(H,34,36). The van der Waals surface area contributed by atoms with Crippen LogP contribution < -0.4 is 26.6 Å². The van der Waals surface area contributed by atoms with E-state index in [0.29, 0.717) is 38.6 Å². The number of likely N-dealkylation sites (tertiary alicyclic amines) is 1. The summed E-state index contributed by atoms with van der Waals surface area (Å²) in [6.07, 6.45) is -0.622. The molecule has 0 aliphatic carbocycles. The van der Waals surface area contributed by atoms with E-state index in [0.717, 1.165) is 12.8 Å². The van der Waals surface area contributed by atoms with Crippen molar-refractivity contribution >= 4 is 35.2 Å². The lowest BCUT2D eigenvalue weighted by molar-refractivity contribution is -0.139. The molecule has 40 heavy (non-hydrogen) atoms. The van der Waals surface area contributed by atoms with Gasteiger partial charge in [0.2, 0.25) is 11.8 Å². The van der Waals surface area contributed by atoms with E-state index in [1.807, 2.05) is 0 Å². The van der Waals surface area contributed by atoms with Gasteiger partial charge in [-0.3, -0.25) is 25.5 Å². The number of fused-ring (bicyclic) bond motifs is 1. The Bertz CT molecular complexity index is 899. The molecule has 12 atom stereocenters. The van der Waals surface area contributed by atoms with Crippen molar-refractivity contribution in [3.8, 4) is 0 Å². The lowest BCUT2D eigenvalue weighted by atomic mass is 9.70. The average Bonchev–Trinajstić information content (AvgIpc) is 3.51. The number of hydrogen-bond donors (Lipinski definition) is 5. The summed E-state index contributed by atoms with van der Waals surface area (Å²) in [4.78, 5) is 28.7. The Labute approximate surface area is 244 Å². The first kappa shape index (κ1) is 30.7. The number of methoxy groups -OCH3 is 2. The van der Waals surface area contributed by atoms with Crippen molar-refractivity contribution in [2.75, 3.05) is 40.4 Å². The number of nitrogens with zero attached hydrogens (tertiary/aromatic N) is 1. The van der Waals surface area contributed by atoms with E-state index in [1.54, 1.807) is 23.8 Å². The molecule has 0 aromatic carbocycles. The van der Waals surface area contributed by atoms with Crippen molar-refractivity contribution in [1.82, 2.24) is 31.5 Å². The maximum Gasteiger partial charge on any atom is 0.253 e. The Hall–Kier alpha value is -0.800. The van der Waals surface area contributed by atoms with E-state index in [-0.39, 0.29) is 64.4 Å². The van der Waals surface area contributed by atoms with Crippen molar-refractivity contribution in [2.24, 2.45) is 17.8 Å². The fourth-order valence-electron chi connectivity index (χ4n) is 7.26. The van der Waals surface area contributed by atoms with Gasteiger partial charge in [-0.2, -0.15) is 0 Å². The highest BCUT2D eigenvalue weighted by Gasteiger charge is 2.48. The monoisotopic (exact) mass is 608 g/mol. The molecule has 0 aromatic heterocycles. The summed E-state index contributed by atoms with van der Waals surface area (Å²) in [6, 6.07) is -1.47. The van der Waals surface area contributed by atoms with Gasteiger partial charge in [0.25, 0.3) is 6.43 Å². The van der Waals surface area contributed by atoms with Gasteiger partial charge in [-0.15, -0.1) is 23.4 Å². The molecule has 14 heteroatoms. The van der Waals surface area contributed by atoms with Gasteiger partial charge in [-0.05, 0) is 44.4 Å². The van der Waals surface area contributed by atoms with Crippen molar-refractivity contribution < 1.29 is 27.8 Å². The number of nitrogens with one attached hydrogen (secondary N) is 5. The highest BCUT2D eigenvalue weighted by atomic mass is 35.5. The van der Waals surface area contributed by atoms with Crippen LogP contribution in [0.5, 0.6) is 0 Å². The minimum atomic E-state index is -2.53. The number of piperidine rings is 3. The zero-order chi connectivity index (χ0) is 28.6. The zero-order valence-electron chi connectivity index (χ0n) is 23.3. The van der Waals surface area contributed by atoms with Crippen molar-refractivity contribution in [3.63, 3.8) is 0 Å². The van der Waals surface area contributed by atoms with Gasteiger partial charge in [0.1, 0.15) is 11.5 Å². The minimum Gasteiger partial charge on any atom is -0.380 e. The van der Waals surface area contributed by atoms with E-state index < -0.39 is 24.6 Å². The fourth-order valence-corrected chi connectivity index (χ4v) is 8.96. The number of carbonyl (C=O) groups excluding carboxylic acids is 2. The van der Waals surface area contributed by atoms with Gasteiger partial charge >= 0.3 is 0 Å². The van der Waals surface area contributed by atoms with Crippen LogP contribution in [0.25, 0.3) is 0 Å². The van der Waals surface area contributed by atoms with Crippen LogP contribution in [0.3, 0.4) is 0 Å². The molecule has 0 spiro atoms. The fraction of sp³-hybridized carbons (Fsp3) is 0.923. The molecule has 0 saturated carbocycles. The summed E-state index contributed by atoms with van der Waals surface area (Å²) in [6.45, 7) is 4.38. The molecular weight excluding hydrogens is 566 g/mol. The van der Waals surface area contributed by atoms with E-state index >= 15 is 0 Å². The summed E-state index contributed by atoms with van der Waals surface area (Å²) >= 11 is 8.07. The molecule has 0 radical (unpaired) electrons. The van der Waals surface area contributed by atoms with Crippen LogP contribution in [-0.2, 0) is 19.1 Å². The molecule has 0 aromatic rings. The Kier molecular flexibility index (Phi) is 10.1. The van der Waals surface area contributed by atoms with Gasteiger partial charge < -0.3 is 25.0 Å². The van der Waals surface area contributed by atoms with Gasteiger partial charge in [0, 0.05) is 57.7 Å². The molecule has 0 bridgehead atoms. The number of alkyl halides is 3. The van der Waals surface area contributed by atoms with E-state index in [2.05, 4.69) is 33.5 Å². The molecule has 5 heterocycles. The van der Waals surface area contributed by atoms with E-state index in [9.17, 15) is 18.4 Å². The van der Waals surface area contributed by atoms with Crippen molar-refractivity contribution in [2.45, 2.75) is 91.7 Å². The van der Waals surface area contributed by atoms with Crippen LogP contribution in [0, 0.1) is 17.8 Å². The van der Waals surface area contributed by atoms with Crippen LogP contribution in [-0.4, -0.2) is 116 Å². The Balaban J connectivity index is 1.16. The normalized spacial score (nSPS) is 44.0. The molecule has 2 amide bonds. The summed E-state index contributed by atoms with van der Waals surface area (Å²) in [5, 5.41) is 16.4. The number of amides is 2. The smallest absolute Gasteiger partial charge is 0.253 e. The molecule has 5 N–H and O–H groups in total. The second-order valence-electron chi connectivity index (χ2n) is 11.9. The molecule has 5 fully saturated rings. The Morgan fingerprint density at radius 1 is 1.02 bits per heavy atom. The van der Waals surface area contributed by atoms with Crippen molar-refractivity contribution in [3.05, 3.63) is 0 Å². The molecule has 5 aliphatic heterocycles. The first-order chi connectivity index (χ1) is 19.2. The van der Waals surface area contributed by atoms with Crippen LogP contribution in [0.1, 0.15) is 32.6 Å². The predicted octanol–water partition coefficient (Wildman–Crippen LogP) is 0.506. The van der Waals surface area contributed by atoms with Gasteiger partial charge in [0.05, 0.1) is 29.7 Å². The molecule has 12 unspecified atom stereocenters. The van der Waals surface area contributed by atoms with Gasteiger partial charge in [-0.25, -0.2) is 8.78 Å². The molecule has 228 valence electrons. The number of halogens is 3. The molecule has 5 rings (SSSR count). The Morgan fingerprint density at radius 3 is 2.50 bits per heavy atom. The molecular formula is C26H43ClF2N6O4S. The van der Waals surface area contributed by atoms with Gasteiger partial charge in [0.15, 0.2) is 0 Å². The summed E-state index contributed by atoms with van der Waals surface area (Å²) in [5.74, 6) is -0.0577. The van der Waals surface area contributed by atoms with Crippen LogP contribution in [0.15, 0.2) is 0 Å². The minimum absolute atomic E-state index is 0.00852. The number of hydrogen-bond acceptors (Lipinski definition) is 9. The molecule has 5 saturated heterocycles.